The van der Waals surface area contributed by atoms with Crippen molar-refractivity contribution in [3.05, 3.63) is 24.3 Å². The van der Waals surface area contributed by atoms with Crippen molar-refractivity contribution in [1.29, 1.82) is 0 Å². The molecule has 22 heavy (non-hydrogen) atoms. The molecule has 6 heteroatoms. The number of hydrogen-bond acceptors (Lipinski definition) is 4. The van der Waals surface area contributed by atoms with Crippen molar-refractivity contribution < 1.29 is 14.3 Å². The van der Waals surface area contributed by atoms with Gasteiger partial charge in [0.15, 0.2) is 0 Å². The molecular formula is C16H25N3O3. The largest absolute Gasteiger partial charge is 0.495 e. The Kier molecular flexibility index (Phi) is 7.99. The molecule has 0 aliphatic heterocycles. The van der Waals surface area contributed by atoms with E-state index < -0.39 is 0 Å². The fourth-order valence-electron chi connectivity index (χ4n) is 2.08. The molecule has 0 aromatic heterocycles. The smallest absolute Gasteiger partial charge is 0.244 e. The number of methoxy groups -OCH3 is 1. The minimum Gasteiger partial charge on any atom is -0.495 e. The van der Waals surface area contributed by atoms with Crippen LogP contribution in [-0.2, 0) is 9.59 Å². The molecule has 0 bridgehead atoms. The van der Waals surface area contributed by atoms with Crippen molar-refractivity contribution in [1.82, 2.24) is 4.90 Å². The summed E-state index contributed by atoms with van der Waals surface area (Å²) in [5.74, 6) is 0.314. The molecule has 0 saturated heterocycles. The molecule has 0 unspecified atom stereocenters. The first kappa shape index (κ1) is 18.0. The van der Waals surface area contributed by atoms with Gasteiger partial charge in [0.25, 0.3) is 0 Å². The predicted octanol–water partition coefficient (Wildman–Crippen LogP) is 1.61. The molecule has 1 aromatic carbocycles. The van der Waals surface area contributed by atoms with Gasteiger partial charge in [-0.1, -0.05) is 19.1 Å². The van der Waals surface area contributed by atoms with Crippen LogP contribution in [0.2, 0.25) is 0 Å². The van der Waals surface area contributed by atoms with E-state index in [0.29, 0.717) is 37.4 Å². The summed E-state index contributed by atoms with van der Waals surface area (Å²) in [6, 6.07) is 7.17. The first-order valence-corrected chi connectivity index (χ1v) is 7.53. The molecule has 0 aliphatic carbocycles. The molecular weight excluding hydrogens is 282 g/mol. The lowest BCUT2D eigenvalue weighted by Gasteiger charge is -2.22. The summed E-state index contributed by atoms with van der Waals surface area (Å²) in [7, 11) is 1.55. The molecule has 0 aliphatic rings. The van der Waals surface area contributed by atoms with Crippen LogP contribution in [0, 0.1) is 0 Å². The van der Waals surface area contributed by atoms with Crippen LogP contribution in [0.15, 0.2) is 24.3 Å². The molecule has 0 fully saturated rings. The quantitative estimate of drug-likeness (QED) is 0.726. The van der Waals surface area contributed by atoms with Crippen molar-refractivity contribution in [3.63, 3.8) is 0 Å². The molecule has 0 spiro atoms. The average Bonchev–Trinajstić information content (AvgIpc) is 2.52. The molecule has 122 valence electrons. The van der Waals surface area contributed by atoms with Crippen LogP contribution in [0.3, 0.4) is 0 Å². The van der Waals surface area contributed by atoms with Gasteiger partial charge in [-0.15, -0.1) is 0 Å². The van der Waals surface area contributed by atoms with Crippen molar-refractivity contribution in [2.45, 2.75) is 26.2 Å². The van der Waals surface area contributed by atoms with Crippen LogP contribution < -0.4 is 15.8 Å². The van der Waals surface area contributed by atoms with Crippen LogP contribution in [-0.4, -0.2) is 43.5 Å². The van der Waals surface area contributed by atoms with E-state index in [1.54, 1.807) is 24.1 Å². The van der Waals surface area contributed by atoms with Gasteiger partial charge in [0, 0.05) is 13.0 Å². The lowest BCUT2D eigenvalue weighted by molar-refractivity contribution is -0.134. The first-order valence-electron chi connectivity index (χ1n) is 7.53. The second-order valence-corrected chi connectivity index (χ2v) is 4.96. The van der Waals surface area contributed by atoms with E-state index >= 15 is 0 Å². The minimum atomic E-state index is -0.237. The maximum Gasteiger partial charge on any atom is 0.244 e. The lowest BCUT2D eigenvalue weighted by Crippen LogP contribution is -2.38. The standard InChI is InChI=1S/C16H25N3O3/c1-3-11-19(16(21)9-6-10-17)12-15(20)18-13-7-4-5-8-14(13)22-2/h4-5,7-8H,3,6,9-12,17H2,1-2H3,(H,18,20). The third kappa shape index (κ3) is 5.73. The second-order valence-electron chi connectivity index (χ2n) is 4.96. The number of para-hydroxylation sites is 2. The van der Waals surface area contributed by atoms with E-state index in [9.17, 15) is 9.59 Å². The van der Waals surface area contributed by atoms with Gasteiger partial charge in [-0.25, -0.2) is 0 Å². The summed E-state index contributed by atoms with van der Waals surface area (Å²) >= 11 is 0. The fraction of sp³-hybridized carbons (Fsp3) is 0.500. The van der Waals surface area contributed by atoms with Gasteiger partial charge in [-0.05, 0) is 31.5 Å². The monoisotopic (exact) mass is 307 g/mol. The topological polar surface area (TPSA) is 84.7 Å². The van der Waals surface area contributed by atoms with Crippen molar-refractivity contribution in [2.24, 2.45) is 5.73 Å². The molecule has 1 aromatic rings. The van der Waals surface area contributed by atoms with E-state index in [4.69, 9.17) is 10.5 Å². The Morgan fingerprint density at radius 1 is 1.32 bits per heavy atom. The highest BCUT2D eigenvalue weighted by Gasteiger charge is 2.16. The maximum atomic E-state index is 12.2. The van der Waals surface area contributed by atoms with E-state index in [0.717, 1.165) is 6.42 Å². The van der Waals surface area contributed by atoms with Gasteiger partial charge in [0.1, 0.15) is 5.75 Å². The number of rotatable bonds is 9. The van der Waals surface area contributed by atoms with Crippen molar-refractivity contribution in [3.8, 4) is 5.75 Å². The number of nitrogens with one attached hydrogen (secondary N) is 1. The molecule has 0 radical (unpaired) electrons. The Morgan fingerprint density at radius 3 is 2.68 bits per heavy atom. The summed E-state index contributed by atoms with van der Waals surface area (Å²) in [5, 5.41) is 2.78. The van der Waals surface area contributed by atoms with Crippen LogP contribution in [0.1, 0.15) is 26.2 Å². The van der Waals surface area contributed by atoms with Crippen LogP contribution in [0.5, 0.6) is 5.75 Å². The first-order chi connectivity index (χ1) is 10.6. The summed E-state index contributed by atoms with van der Waals surface area (Å²) in [5.41, 5.74) is 6.02. The number of ether oxygens (including phenoxy) is 1. The lowest BCUT2D eigenvalue weighted by atomic mass is 10.2. The van der Waals surface area contributed by atoms with Crippen LogP contribution in [0.25, 0.3) is 0 Å². The second kappa shape index (κ2) is 9.78. The van der Waals surface area contributed by atoms with E-state index in [2.05, 4.69) is 5.32 Å². The molecule has 1 rings (SSSR count). The molecule has 0 atom stereocenters. The Balaban J connectivity index is 2.64. The Hall–Kier alpha value is -2.08. The third-order valence-electron chi connectivity index (χ3n) is 3.16. The molecule has 0 saturated carbocycles. The van der Waals surface area contributed by atoms with E-state index in [1.807, 2.05) is 19.1 Å². The number of carbonyl (C=O) groups excluding carboxylic acids is 2. The van der Waals surface area contributed by atoms with E-state index in [-0.39, 0.29) is 18.4 Å². The highest BCUT2D eigenvalue weighted by atomic mass is 16.5. The maximum absolute atomic E-state index is 12.2. The highest BCUT2D eigenvalue weighted by Crippen LogP contribution is 2.22. The molecule has 6 nitrogen and oxygen atoms in total. The van der Waals surface area contributed by atoms with Gasteiger partial charge < -0.3 is 20.7 Å². The van der Waals surface area contributed by atoms with Gasteiger partial charge in [-0.2, -0.15) is 0 Å². The van der Waals surface area contributed by atoms with Crippen molar-refractivity contribution >= 4 is 17.5 Å². The SMILES string of the molecule is CCCN(CC(=O)Nc1ccccc1OC)C(=O)CCCN. The highest BCUT2D eigenvalue weighted by molar-refractivity contribution is 5.95. The van der Waals surface area contributed by atoms with Crippen LogP contribution >= 0.6 is 0 Å². The number of nitrogens with zero attached hydrogens (tertiary/aromatic N) is 1. The summed E-state index contributed by atoms with van der Waals surface area (Å²) < 4.78 is 5.19. The zero-order chi connectivity index (χ0) is 16.4. The van der Waals surface area contributed by atoms with Crippen molar-refractivity contribution in [2.75, 3.05) is 32.1 Å². The molecule has 2 amide bonds. The van der Waals surface area contributed by atoms with Gasteiger partial charge in [0.05, 0.1) is 19.3 Å². The average molecular weight is 307 g/mol. The van der Waals surface area contributed by atoms with E-state index in [1.165, 1.54) is 0 Å². The summed E-state index contributed by atoms with van der Waals surface area (Å²) in [4.78, 5) is 25.8. The van der Waals surface area contributed by atoms with Gasteiger partial charge >= 0.3 is 0 Å². The zero-order valence-electron chi connectivity index (χ0n) is 13.3. The number of anilines is 1. The normalized spacial score (nSPS) is 10.1. The Labute approximate surface area is 131 Å². The number of hydrogen-bond donors (Lipinski definition) is 2. The summed E-state index contributed by atoms with van der Waals surface area (Å²) in [6.45, 7) is 3.04. The number of amides is 2. The summed E-state index contributed by atoms with van der Waals surface area (Å²) in [6.07, 6.45) is 1.81. The third-order valence-corrected chi connectivity index (χ3v) is 3.16. The van der Waals surface area contributed by atoms with Gasteiger partial charge in [-0.3, -0.25) is 9.59 Å². The van der Waals surface area contributed by atoms with Gasteiger partial charge in [0.2, 0.25) is 11.8 Å². The molecule has 0 heterocycles. The Morgan fingerprint density at radius 2 is 2.05 bits per heavy atom. The number of benzene rings is 1. The fourth-order valence-corrected chi connectivity index (χ4v) is 2.08. The minimum absolute atomic E-state index is 0.0370. The Bertz CT molecular complexity index is 491. The number of nitrogens with two attached hydrogens (primary N) is 1. The predicted molar refractivity (Wildman–Crippen MR) is 86.8 cm³/mol. The zero-order valence-corrected chi connectivity index (χ0v) is 13.3. The molecule has 3 N–H and O–H groups in total. The number of carbonyl (C=O) groups is 2. The van der Waals surface area contributed by atoms with Crippen LogP contribution in [0.4, 0.5) is 5.69 Å².